The lowest BCUT2D eigenvalue weighted by Crippen LogP contribution is -1.81. The Morgan fingerprint density at radius 3 is 2.83 bits per heavy atom. The normalized spacial score (nSPS) is 10.9. The molecule has 1 heterocycles. The van der Waals surface area contributed by atoms with Gasteiger partial charge in [-0.1, -0.05) is 53.7 Å². The number of thioether (sulfide) groups is 1. The van der Waals surface area contributed by atoms with Crippen LogP contribution in [0.25, 0.3) is 10.2 Å². The molecule has 0 aliphatic rings. The quantitative estimate of drug-likeness (QED) is 0.629. The minimum absolute atomic E-state index is 0.988. The van der Waals surface area contributed by atoms with Crippen molar-refractivity contribution in [2.45, 2.75) is 17.0 Å². The molecule has 1 aromatic heterocycles. The van der Waals surface area contributed by atoms with E-state index in [4.69, 9.17) is 0 Å². The van der Waals surface area contributed by atoms with E-state index >= 15 is 0 Å². The van der Waals surface area contributed by atoms with Gasteiger partial charge in [0.2, 0.25) is 0 Å². The molecule has 0 saturated carbocycles. The van der Waals surface area contributed by atoms with Crippen molar-refractivity contribution in [3.05, 3.63) is 59.7 Å². The smallest absolute Gasteiger partial charge is 0.151 e. The zero-order valence-corrected chi connectivity index (χ0v) is 11.7. The molecule has 0 amide bonds. The fraction of sp³-hybridized carbons (Fsp3) is 0.133. The Morgan fingerprint density at radius 1 is 1.11 bits per heavy atom. The molecule has 1 nitrogen and oxygen atoms in total. The van der Waals surface area contributed by atoms with Gasteiger partial charge in [-0.3, -0.25) is 0 Å². The maximum absolute atomic E-state index is 4.63. The first-order valence-electron chi connectivity index (χ1n) is 5.85. The number of rotatable bonds is 3. The fourth-order valence-corrected chi connectivity index (χ4v) is 3.87. The predicted molar refractivity (Wildman–Crippen MR) is 80.4 cm³/mol. The Hall–Kier alpha value is -1.32. The summed E-state index contributed by atoms with van der Waals surface area (Å²) in [6, 6.07) is 17.0. The fourth-order valence-electron chi connectivity index (χ4n) is 1.86. The third-order valence-electron chi connectivity index (χ3n) is 2.72. The van der Waals surface area contributed by atoms with Crippen molar-refractivity contribution in [2.24, 2.45) is 0 Å². The van der Waals surface area contributed by atoms with Crippen LogP contribution < -0.4 is 0 Å². The first-order chi connectivity index (χ1) is 8.81. The van der Waals surface area contributed by atoms with Crippen LogP contribution in [0.5, 0.6) is 0 Å². The van der Waals surface area contributed by atoms with Crippen LogP contribution in [-0.2, 0) is 5.75 Å². The molecule has 0 bridgehead atoms. The van der Waals surface area contributed by atoms with Gasteiger partial charge in [0.1, 0.15) is 0 Å². The van der Waals surface area contributed by atoms with E-state index in [0.29, 0.717) is 0 Å². The zero-order valence-electron chi connectivity index (χ0n) is 10.1. The van der Waals surface area contributed by atoms with Crippen molar-refractivity contribution in [1.29, 1.82) is 0 Å². The summed E-state index contributed by atoms with van der Waals surface area (Å²) >= 11 is 3.59. The standard InChI is InChI=1S/C15H13NS2/c1-11-5-4-6-12(9-11)10-17-15-16-13-7-2-3-8-14(13)18-15/h2-9H,10H2,1H3. The lowest BCUT2D eigenvalue weighted by Gasteiger charge is -1.99. The number of nitrogens with zero attached hydrogens (tertiary/aromatic N) is 1. The van der Waals surface area contributed by atoms with Crippen LogP contribution in [0.4, 0.5) is 0 Å². The van der Waals surface area contributed by atoms with E-state index in [-0.39, 0.29) is 0 Å². The van der Waals surface area contributed by atoms with E-state index in [9.17, 15) is 0 Å². The van der Waals surface area contributed by atoms with Gasteiger partial charge in [0.25, 0.3) is 0 Å². The maximum Gasteiger partial charge on any atom is 0.151 e. The molecule has 90 valence electrons. The molecule has 3 aromatic rings. The molecule has 0 fully saturated rings. The zero-order chi connectivity index (χ0) is 12.4. The van der Waals surface area contributed by atoms with Gasteiger partial charge in [-0.05, 0) is 24.6 Å². The molecule has 3 heteroatoms. The molecule has 0 unspecified atom stereocenters. The van der Waals surface area contributed by atoms with Crippen LogP contribution in [0.1, 0.15) is 11.1 Å². The highest BCUT2D eigenvalue weighted by Gasteiger charge is 2.04. The third kappa shape index (κ3) is 2.57. The largest absolute Gasteiger partial charge is 0.230 e. The second-order valence-corrected chi connectivity index (χ2v) is 6.48. The van der Waals surface area contributed by atoms with Gasteiger partial charge < -0.3 is 0 Å². The molecular weight excluding hydrogens is 258 g/mol. The number of hydrogen-bond donors (Lipinski definition) is 0. The van der Waals surface area contributed by atoms with E-state index in [1.807, 2.05) is 17.8 Å². The number of thiazole rings is 1. The molecule has 0 spiro atoms. The van der Waals surface area contributed by atoms with Crippen LogP contribution in [0.2, 0.25) is 0 Å². The number of hydrogen-bond acceptors (Lipinski definition) is 3. The Balaban J connectivity index is 1.76. The highest BCUT2D eigenvalue weighted by Crippen LogP contribution is 2.31. The molecule has 0 saturated heterocycles. The van der Waals surface area contributed by atoms with Crippen LogP contribution in [-0.4, -0.2) is 4.98 Å². The topological polar surface area (TPSA) is 12.9 Å². The average Bonchev–Trinajstić information content (AvgIpc) is 2.79. The van der Waals surface area contributed by atoms with Crippen LogP contribution in [0.15, 0.2) is 52.9 Å². The number of fused-ring (bicyclic) bond motifs is 1. The second-order valence-electron chi connectivity index (χ2n) is 4.23. The summed E-state index contributed by atoms with van der Waals surface area (Å²) in [5.41, 5.74) is 3.78. The highest BCUT2D eigenvalue weighted by atomic mass is 32.2. The van der Waals surface area contributed by atoms with Crippen molar-refractivity contribution in [1.82, 2.24) is 4.98 Å². The van der Waals surface area contributed by atoms with Gasteiger partial charge in [0.05, 0.1) is 10.2 Å². The summed E-state index contributed by atoms with van der Waals surface area (Å²) in [5.74, 6) is 0.988. The summed E-state index contributed by atoms with van der Waals surface area (Å²) in [7, 11) is 0. The minimum Gasteiger partial charge on any atom is -0.230 e. The third-order valence-corrected chi connectivity index (χ3v) is 4.97. The SMILES string of the molecule is Cc1cccc(CSc2nc3ccccc3s2)c1. The molecule has 0 aliphatic carbocycles. The monoisotopic (exact) mass is 271 g/mol. The van der Waals surface area contributed by atoms with Crippen LogP contribution in [0.3, 0.4) is 0 Å². The number of aromatic nitrogens is 1. The molecule has 0 atom stereocenters. The molecule has 0 radical (unpaired) electrons. The highest BCUT2D eigenvalue weighted by molar-refractivity contribution is 8.00. The van der Waals surface area contributed by atoms with Gasteiger partial charge >= 0.3 is 0 Å². The number of aryl methyl sites for hydroxylation is 1. The lowest BCUT2D eigenvalue weighted by molar-refractivity contribution is 1.28. The number of benzene rings is 2. The molecule has 0 N–H and O–H groups in total. The molecule has 2 aromatic carbocycles. The molecule has 3 rings (SSSR count). The van der Waals surface area contributed by atoms with Crippen LogP contribution >= 0.6 is 23.1 Å². The Kier molecular flexibility index (Phi) is 3.35. The van der Waals surface area contributed by atoms with Crippen LogP contribution in [0, 0.1) is 6.92 Å². The van der Waals surface area contributed by atoms with Crippen molar-refractivity contribution < 1.29 is 0 Å². The first-order valence-corrected chi connectivity index (χ1v) is 7.65. The van der Waals surface area contributed by atoms with Crippen molar-refractivity contribution >= 4 is 33.3 Å². The molecule has 0 aliphatic heterocycles. The number of para-hydroxylation sites is 1. The Labute approximate surface area is 115 Å². The average molecular weight is 271 g/mol. The summed E-state index contributed by atoms with van der Waals surface area (Å²) in [4.78, 5) is 4.63. The Morgan fingerprint density at radius 2 is 2.00 bits per heavy atom. The summed E-state index contributed by atoms with van der Waals surface area (Å²) in [6.07, 6.45) is 0. The van der Waals surface area contributed by atoms with E-state index in [0.717, 1.165) is 15.6 Å². The predicted octanol–water partition coefficient (Wildman–Crippen LogP) is 4.90. The molecular formula is C15H13NS2. The first kappa shape index (κ1) is 11.8. The van der Waals surface area contributed by atoms with E-state index in [1.165, 1.54) is 15.8 Å². The van der Waals surface area contributed by atoms with Gasteiger partial charge in [-0.2, -0.15) is 0 Å². The van der Waals surface area contributed by atoms with Gasteiger partial charge in [-0.25, -0.2) is 4.98 Å². The summed E-state index contributed by atoms with van der Waals surface area (Å²) in [5, 5.41) is 0. The minimum atomic E-state index is 0.988. The van der Waals surface area contributed by atoms with Crippen molar-refractivity contribution in [2.75, 3.05) is 0 Å². The van der Waals surface area contributed by atoms with Gasteiger partial charge in [-0.15, -0.1) is 11.3 Å². The summed E-state index contributed by atoms with van der Waals surface area (Å²) in [6.45, 7) is 2.13. The molecule has 18 heavy (non-hydrogen) atoms. The maximum atomic E-state index is 4.63. The van der Waals surface area contributed by atoms with E-state index in [2.05, 4.69) is 54.4 Å². The van der Waals surface area contributed by atoms with Gasteiger partial charge in [0.15, 0.2) is 4.34 Å². The lowest BCUT2D eigenvalue weighted by atomic mass is 10.2. The Bertz CT molecular complexity index is 640. The van der Waals surface area contributed by atoms with Gasteiger partial charge in [0, 0.05) is 5.75 Å². The van der Waals surface area contributed by atoms with E-state index < -0.39 is 0 Å². The van der Waals surface area contributed by atoms with Crippen molar-refractivity contribution in [3.8, 4) is 0 Å². The van der Waals surface area contributed by atoms with E-state index in [1.54, 1.807) is 11.3 Å². The second kappa shape index (κ2) is 5.12. The summed E-state index contributed by atoms with van der Waals surface area (Å²) < 4.78 is 2.42. The van der Waals surface area contributed by atoms with Crippen molar-refractivity contribution in [3.63, 3.8) is 0 Å².